The Hall–Kier alpha value is -3.47. The van der Waals surface area contributed by atoms with Gasteiger partial charge < -0.3 is 32.1 Å². The molecule has 1 saturated heterocycles. The lowest BCUT2D eigenvalue weighted by Crippen LogP contribution is -2.59. The molecule has 5 unspecified atom stereocenters. The zero-order valence-corrected chi connectivity index (χ0v) is 20.1. The Kier molecular flexibility index (Phi) is 10.2. The van der Waals surface area contributed by atoms with Gasteiger partial charge in [-0.05, 0) is 30.7 Å². The lowest BCUT2D eigenvalue weighted by Gasteiger charge is -2.30. The Morgan fingerprint density at radius 1 is 1.11 bits per heavy atom. The summed E-state index contributed by atoms with van der Waals surface area (Å²) < 4.78 is 0. The molecule has 11 heteroatoms. The molecule has 0 aliphatic carbocycles. The van der Waals surface area contributed by atoms with Crippen molar-refractivity contribution >= 4 is 29.6 Å². The van der Waals surface area contributed by atoms with Crippen molar-refractivity contribution in [3.05, 3.63) is 35.9 Å². The standard InChI is InChI=1S/C24H35N5O6/c1-3-14(2)20(28-21(31)16(25)12-15-8-5-4-6-9-15)22(32)27-17(13-19(26)30)23(33)29-11-7-10-18(29)24(34)35/h4-6,8-9,14,16-18,20H,3,7,10-13,25H2,1-2H3,(H2,26,30)(H,27,32)(H,28,31)(H,34,35). The van der Waals surface area contributed by atoms with Gasteiger partial charge in [0.05, 0.1) is 12.5 Å². The molecule has 1 aromatic rings. The third-order valence-electron chi connectivity index (χ3n) is 6.27. The SMILES string of the molecule is CCC(C)C(NC(=O)C(N)Cc1ccccc1)C(=O)NC(CC(N)=O)C(=O)N1CCCC1C(=O)O. The first-order valence-electron chi connectivity index (χ1n) is 11.8. The summed E-state index contributed by atoms with van der Waals surface area (Å²) in [6.45, 7) is 3.80. The fourth-order valence-electron chi connectivity index (χ4n) is 4.07. The van der Waals surface area contributed by atoms with Crippen LogP contribution in [0.5, 0.6) is 0 Å². The quantitative estimate of drug-likeness (QED) is 0.262. The summed E-state index contributed by atoms with van der Waals surface area (Å²) in [6, 6.07) is 4.90. The van der Waals surface area contributed by atoms with E-state index in [4.69, 9.17) is 11.5 Å². The minimum Gasteiger partial charge on any atom is -0.480 e. The summed E-state index contributed by atoms with van der Waals surface area (Å²) in [4.78, 5) is 63.3. The normalized spacial score (nSPS) is 18.7. The molecule has 192 valence electrons. The maximum Gasteiger partial charge on any atom is 0.326 e. The second kappa shape index (κ2) is 12.8. The second-order valence-electron chi connectivity index (χ2n) is 8.93. The van der Waals surface area contributed by atoms with E-state index in [9.17, 15) is 29.1 Å². The maximum atomic E-state index is 13.2. The smallest absolute Gasteiger partial charge is 0.326 e. The Morgan fingerprint density at radius 2 is 1.77 bits per heavy atom. The van der Waals surface area contributed by atoms with Gasteiger partial charge in [0.2, 0.25) is 23.6 Å². The first kappa shape index (κ1) is 27.8. The van der Waals surface area contributed by atoms with Gasteiger partial charge >= 0.3 is 5.97 Å². The Labute approximate surface area is 204 Å². The molecule has 0 bridgehead atoms. The van der Waals surface area contributed by atoms with Crippen molar-refractivity contribution in [3.63, 3.8) is 0 Å². The average Bonchev–Trinajstić information content (AvgIpc) is 3.31. The Balaban J connectivity index is 2.15. The predicted octanol–water partition coefficient (Wildman–Crippen LogP) is -0.477. The molecule has 1 aromatic carbocycles. The van der Waals surface area contributed by atoms with E-state index in [-0.39, 0.29) is 25.3 Å². The van der Waals surface area contributed by atoms with Crippen LogP contribution in [0.25, 0.3) is 0 Å². The largest absolute Gasteiger partial charge is 0.480 e. The molecule has 0 radical (unpaired) electrons. The van der Waals surface area contributed by atoms with E-state index in [1.807, 2.05) is 37.3 Å². The molecule has 0 saturated carbocycles. The summed E-state index contributed by atoms with van der Waals surface area (Å²) in [7, 11) is 0. The minimum atomic E-state index is -1.35. The number of hydrogen-bond acceptors (Lipinski definition) is 6. The minimum absolute atomic E-state index is 0.195. The fourth-order valence-corrected chi connectivity index (χ4v) is 4.07. The third-order valence-corrected chi connectivity index (χ3v) is 6.27. The van der Waals surface area contributed by atoms with Gasteiger partial charge in [-0.2, -0.15) is 0 Å². The third kappa shape index (κ3) is 7.78. The lowest BCUT2D eigenvalue weighted by atomic mass is 9.96. The summed E-state index contributed by atoms with van der Waals surface area (Å²) in [5.74, 6) is -4.20. The van der Waals surface area contributed by atoms with E-state index in [0.717, 1.165) is 10.5 Å². The van der Waals surface area contributed by atoms with Crippen LogP contribution in [0.1, 0.15) is 45.1 Å². The molecule has 4 amide bonds. The molecule has 5 atom stereocenters. The molecule has 1 aliphatic heterocycles. The Morgan fingerprint density at radius 3 is 2.34 bits per heavy atom. The molecular weight excluding hydrogens is 454 g/mol. The Bertz CT molecular complexity index is 924. The monoisotopic (exact) mass is 489 g/mol. The molecular formula is C24H35N5O6. The zero-order valence-electron chi connectivity index (χ0n) is 20.1. The highest BCUT2D eigenvalue weighted by molar-refractivity contribution is 5.96. The number of aliphatic carboxylic acids is 1. The van der Waals surface area contributed by atoms with Crippen molar-refractivity contribution in [2.75, 3.05) is 6.54 Å². The number of carboxylic acids is 1. The summed E-state index contributed by atoms with van der Waals surface area (Å²) >= 11 is 0. The number of carbonyl (C=O) groups is 5. The fraction of sp³-hybridized carbons (Fsp3) is 0.542. The summed E-state index contributed by atoms with van der Waals surface area (Å²) in [6.07, 6.45) is 1.08. The summed E-state index contributed by atoms with van der Waals surface area (Å²) in [5.41, 5.74) is 12.2. The molecule has 35 heavy (non-hydrogen) atoms. The van der Waals surface area contributed by atoms with Gasteiger partial charge in [-0.3, -0.25) is 19.2 Å². The highest BCUT2D eigenvalue weighted by atomic mass is 16.4. The highest BCUT2D eigenvalue weighted by Gasteiger charge is 2.39. The zero-order chi connectivity index (χ0) is 26.1. The maximum absolute atomic E-state index is 13.2. The van der Waals surface area contributed by atoms with Crippen molar-refractivity contribution in [2.45, 2.75) is 70.1 Å². The average molecular weight is 490 g/mol. The topological polar surface area (TPSA) is 185 Å². The molecule has 1 fully saturated rings. The van der Waals surface area contributed by atoms with Crippen LogP contribution in [-0.4, -0.2) is 70.3 Å². The van der Waals surface area contributed by atoms with Crippen molar-refractivity contribution in [3.8, 4) is 0 Å². The van der Waals surface area contributed by atoms with E-state index in [1.54, 1.807) is 6.92 Å². The first-order chi connectivity index (χ1) is 16.5. The molecule has 7 N–H and O–H groups in total. The van der Waals surface area contributed by atoms with Crippen LogP contribution in [-0.2, 0) is 30.4 Å². The number of nitrogens with one attached hydrogen (secondary N) is 2. The number of likely N-dealkylation sites (tertiary alicyclic amines) is 1. The highest BCUT2D eigenvalue weighted by Crippen LogP contribution is 2.19. The molecule has 0 spiro atoms. The van der Waals surface area contributed by atoms with Crippen molar-refractivity contribution in [1.82, 2.24) is 15.5 Å². The van der Waals surface area contributed by atoms with Crippen LogP contribution in [0, 0.1) is 5.92 Å². The number of benzene rings is 1. The molecule has 1 heterocycles. The van der Waals surface area contributed by atoms with E-state index < -0.39 is 60.2 Å². The van der Waals surface area contributed by atoms with Crippen molar-refractivity contribution in [1.29, 1.82) is 0 Å². The molecule has 1 aliphatic rings. The van der Waals surface area contributed by atoms with Gasteiger partial charge in [-0.1, -0.05) is 50.6 Å². The van der Waals surface area contributed by atoms with Crippen LogP contribution in [0.2, 0.25) is 0 Å². The van der Waals surface area contributed by atoms with E-state index >= 15 is 0 Å². The number of primary amides is 1. The van der Waals surface area contributed by atoms with Crippen LogP contribution in [0.15, 0.2) is 30.3 Å². The van der Waals surface area contributed by atoms with Crippen molar-refractivity contribution in [2.24, 2.45) is 17.4 Å². The molecule has 0 aromatic heterocycles. The van der Waals surface area contributed by atoms with Crippen LogP contribution in [0.4, 0.5) is 0 Å². The number of hydrogen-bond donors (Lipinski definition) is 5. The second-order valence-corrected chi connectivity index (χ2v) is 8.93. The molecule has 2 rings (SSSR count). The van der Waals surface area contributed by atoms with Crippen LogP contribution < -0.4 is 22.1 Å². The first-order valence-corrected chi connectivity index (χ1v) is 11.8. The van der Waals surface area contributed by atoms with Crippen LogP contribution in [0.3, 0.4) is 0 Å². The van der Waals surface area contributed by atoms with E-state index in [1.165, 1.54) is 0 Å². The number of nitrogens with two attached hydrogens (primary N) is 2. The van der Waals surface area contributed by atoms with Crippen LogP contribution >= 0.6 is 0 Å². The predicted molar refractivity (Wildman–Crippen MR) is 128 cm³/mol. The number of amides is 4. The number of rotatable bonds is 12. The number of nitrogens with zero attached hydrogens (tertiary/aromatic N) is 1. The van der Waals surface area contributed by atoms with Gasteiger partial charge in [0.1, 0.15) is 18.1 Å². The van der Waals surface area contributed by atoms with Gasteiger partial charge in [0.15, 0.2) is 0 Å². The van der Waals surface area contributed by atoms with E-state index in [0.29, 0.717) is 12.8 Å². The van der Waals surface area contributed by atoms with E-state index in [2.05, 4.69) is 10.6 Å². The summed E-state index contributed by atoms with van der Waals surface area (Å²) in [5, 5.41) is 14.6. The molecule has 11 nitrogen and oxygen atoms in total. The number of carbonyl (C=O) groups excluding carboxylic acids is 4. The van der Waals surface area contributed by atoms with Gasteiger partial charge in [0.25, 0.3) is 0 Å². The lowest BCUT2D eigenvalue weighted by molar-refractivity contribution is -0.149. The van der Waals surface area contributed by atoms with Gasteiger partial charge in [-0.15, -0.1) is 0 Å². The van der Waals surface area contributed by atoms with Crippen molar-refractivity contribution < 1.29 is 29.1 Å². The van der Waals surface area contributed by atoms with Gasteiger partial charge in [0, 0.05) is 6.54 Å². The van der Waals surface area contributed by atoms with Gasteiger partial charge in [-0.25, -0.2) is 4.79 Å². The number of carboxylic acid groups (broad SMARTS) is 1.